The standard InChI is InChI=1S/C15H20N2OS.ClH/c1-15(2,3)13-9-12(19-14(16)17-13)10-5-7-11(18-4)8-6-10;/h5-9,12H,1-4H3,(H2,16,17);1H. The number of thioether (sulfide) groups is 1. The van der Waals surface area contributed by atoms with Crippen LogP contribution in [0.3, 0.4) is 0 Å². The van der Waals surface area contributed by atoms with Crippen molar-refractivity contribution < 1.29 is 4.74 Å². The summed E-state index contributed by atoms with van der Waals surface area (Å²) in [6, 6.07) is 8.10. The van der Waals surface area contributed by atoms with Crippen molar-refractivity contribution in [3.05, 3.63) is 41.6 Å². The van der Waals surface area contributed by atoms with Gasteiger partial charge in [-0.15, -0.1) is 12.4 Å². The van der Waals surface area contributed by atoms with Crippen molar-refractivity contribution in [3.8, 4) is 5.75 Å². The van der Waals surface area contributed by atoms with Crippen LogP contribution in [0.5, 0.6) is 5.75 Å². The van der Waals surface area contributed by atoms with Crippen LogP contribution in [0.4, 0.5) is 0 Å². The van der Waals surface area contributed by atoms with Crippen molar-refractivity contribution in [1.29, 1.82) is 0 Å². The van der Waals surface area contributed by atoms with Crippen molar-refractivity contribution in [2.45, 2.75) is 26.0 Å². The molecular formula is C15H21ClN2OS. The summed E-state index contributed by atoms with van der Waals surface area (Å²) in [5, 5.41) is 0.853. The zero-order valence-corrected chi connectivity index (χ0v) is 13.8. The Bertz CT molecular complexity index is 518. The van der Waals surface area contributed by atoms with Crippen LogP contribution in [-0.4, -0.2) is 12.3 Å². The maximum Gasteiger partial charge on any atom is 0.159 e. The van der Waals surface area contributed by atoms with E-state index in [0.29, 0.717) is 5.17 Å². The van der Waals surface area contributed by atoms with Crippen molar-refractivity contribution in [2.75, 3.05) is 7.11 Å². The van der Waals surface area contributed by atoms with Gasteiger partial charge in [0.05, 0.1) is 12.4 Å². The van der Waals surface area contributed by atoms with E-state index in [1.165, 1.54) is 5.56 Å². The maximum absolute atomic E-state index is 5.95. The van der Waals surface area contributed by atoms with Gasteiger partial charge in [0.15, 0.2) is 5.17 Å². The summed E-state index contributed by atoms with van der Waals surface area (Å²) in [6.07, 6.45) is 2.20. The summed E-state index contributed by atoms with van der Waals surface area (Å²) in [6.45, 7) is 6.45. The van der Waals surface area contributed by atoms with Gasteiger partial charge in [-0.3, -0.25) is 0 Å². The number of hydrogen-bond donors (Lipinski definition) is 1. The van der Waals surface area contributed by atoms with Gasteiger partial charge in [-0.2, -0.15) is 0 Å². The first-order valence-electron chi connectivity index (χ1n) is 6.27. The number of rotatable bonds is 2. The number of aliphatic imine (C=N–C) groups is 1. The van der Waals surface area contributed by atoms with Gasteiger partial charge in [-0.25, -0.2) is 4.99 Å². The van der Waals surface area contributed by atoms with Crippen LogP contribution in [0.1, 0.15) is 31.6 Å². The number of halogens is 1. The molecule has 0 aromatic heterocycles. The molecule has 0 bridgehead atoms. The van der Waals surface area contributed by atoms with E-state index >= 15 is 0 Å². The summed E-state index contributed by atoms with van der Waals surface area (Å²) in [4.78, 5) is 4.46. The van der Waals surface area contributed by atoms with E-state index in [4.69, 9.17) is 10.5 Å². The molecule has 1 heterocycles. The minimum Gasteiger partial charge on any atom is -0.497 e. The third-order valence-corrected chi connectivity index (χ3v) is 4.00. The molecule has 2 rings (SSSR count). The molecule has 0 aliphatic carbocycles. The molecule has 1 atom stereocenters. The highest BCUT2D eigenvalue weighted by molar-refractivity contribution is 8.14. The fourth-order valence-corrected chi connectivity index (χ4v) is 2.77. The third-order valence-electron chi connectivity index (χ3n) is 3.00. The Morgan fingerprint density at radius 2 is 1.80 bits per heavy atom. The second-order valence-corrected chi connectivity index (χ2v) is 6.73. The number of methoxy groups -OCH3 is 1. The molecule has 1 aromatic rings. The molecule has 5 heteroatoms. The van der Waals surface area contributed by atoms with E-state index in [1.807, 2.05) is 12.1 Å². The van der Waals surface area contributed by atoms with Gasteiger partial charge in [0.25, 0.3) is 0 Å². The third kappa shape index (κ3) is 3.93. The van der Waals surface area contributed by atoms with Gasteiger partial charge in [-0.05, 0) is 23.8 Å². The first-order valence-corrected chi connectivity index (χ1v) is 7.15. The second-order valence-electron chi connectivity index (χ2n) is 5.56. The van der Waals surface area contributed by atoms with E-state index in [1.54, 1.807) is 18.9 Å². The first kappa shape index (κ1) is 16.9. The molecule has 1 aliphatic heterocycles. The molecule has 0 amide bonds. The highest BCUT2D eigenvalue weighted by Gasteiger charge is 2.24. The Morgan fingerprint density at radius 3 is 2.30 bits per heavy atom. The molecule has 110 valence electrons. The first-order chi connectivity index (χ1) is 8.90. The van der Waals surface area contributed by atoms with Crippen LogP contribution in [0.2, 0.25) is 0 Å². The molecule has 1 aliphatic rings. The predicted octanol–water partition coefficient (Wildman–Crippen LogP) is 4.15. The van der Waals surface area contributed by atoms with Crippen molar-refractivity contribution in [3.63, 3.8) is 0 Å². The number of benzene rings is 1. The van der Waals surface area contributed by atoms with Gasteiger partial charge in [0.1, 0.15) is 5.75 Å². The summed E-state index contributed by atoms with van der Waals surface area (Å²) >= 11 is 1.58. The second kappa shape index (κ2) is 6.55. The van der Waals surface area contributed by atoms with Crippen LogP contribution in [0, 0.1) is 5.41 Å². The lowest BCUT2D eigenvalue weighted by molar-refractivity contribution is 0.414. The van der Waals surface area contributed by atoms with Gasteiger partial charge in [0.2, 0.25) is 0 Å². The molecular weight excluding hydrogens is 292 g/mol. The zero-order valence-electron chi connectivity index (χ0n) is 12.2. The summed E-state index contributed by atoms with van der Waals surface area (Å²) in [7, 11) is 1.67. The number of nitrogens with zero attached hydrogens (tertiary/aromatic N) is 1. The van der Waals surface area contributed by atoms with Crippen LogP contribution >= 0.6 is 24.2 Å². The number of nitrogens with two attached hydrogens (primary N) is 1. The molecule has 2 N–H and O–H groups in total. The van der Waals surface area contributed by atoms with Gasteiger partial charge < -0.3 is 10.5 Å². The average molecular weight is 313 g/mol. The fraction of sp³-hybridized carbons (Fsp3) is 0.400. The van der Waals surface area contributed by atoms with E-state index in [9.17, 15) is 0 Å². The summed E-state index contributed by atoms with van der Waals surface area (Å²) < 4.78 is 5.18. The lowest BCUT2D eigenvalue weighted by atomic mass is 9.91. The Kier molecular flexibility index (Phi) is 5.54. The highest BCUT2D eigenvalue weighted by Crippen LogP contribution is 2.40. The topological polar surface area (TPSA) is 47.6 Å². The quantitative estimate of drug-likeness (QED) is 0.892. The van der Waals surface area contributed by atoms with Crippen molar-refractivity contribution >= 4 is 29.3 Å². The Morgan fingerprint density at radius 1 is 1.20 bits per heavy atom. The normalized spacial score (nSPS) is 18.7. The molecule has 0 radical (unpaired) electrons. The Balaban J connectivity index is 0.00000200. The summed E-state index contributed by atoms with van der Waals surface area (Å²) in [5.74, 6) is 0.867. The number of hydrogen-bond acceptors (Lipinski definition) is 4. The van der Waals surface area contributed by atoms with Crippen LogP contribution < -0.4 is 10.5 Å². The van der Waals surface area contributed by atoms with Crippen LogP contribution in [0.25, 0.3) is 0 Å². The molecule has 0 spiro atoms. The van der Waals surface area contributed by atoms with Crippen LogP contribution in [0.15, 0.2) is 41.0 Å². The van der Waals surface area contributed by atoms with Gasteiger partial charge >= 0.3 is 0 Å². The van der Waals surface area contributed by atoms with Gasteiger partial charge in [-0.1, -0.05) is 44.7 Å². The molecule has 3 nitrogen and oxygen atoms in total. The number of ether oxygens (including phenoxy) is 1. The van der Waals surface area contributed by atoms with E-state index in [2.05, 4.69) is 44.0 Å². The highest BCUT2D eigenvalue weighted by atomic mass is 35.5. The Labute approximate surface area is 131 Å². The lowest BCUT2D eigenvalue weighted by Gasteiger charge is -2.26. The minimum absolute atomic E-state index is 0. The zero-order chi connectivity index (χ0) is 14.0. The molecule has 1 aromatic carbocycles. The molecule has 0 fully saturated rings. The van der Waals surface area contributed by atoms with E-state index in [-0.39, 0.29) is 23.1 Å². The molecule has 20 heavy (non-hydrogen) atoms. The van der Waals surface area contributed by atoms with E-state index < -0.39 is 0 Å². The number of amidine groups is 1. The monoisotopic (exact) mass is 312 g/mol. The summed E-state index contributed by atoms with van der Waals surface area (Å²) in [5.41, 5.74) is 8.22. The maximum atomic E-state index is 5.95. The lowest BCUT2D eigenvalue weighted by Crippen LogP contribution is -2.18. The van der Waals surface area contributed by atoms with Gasteiger partial charge in [0, 0.05) is 11.1 Å². The predicted molar refractivity (Wildman–Crippen MR) is 89.7 cm³/mol. The molecule has 1 unspecified atom stereocenters. The average Bonchev–Trinajstić information content (AvgIpc) is 2.37. The largest absolute Gasteiger partial charge is 0.497 e. The van der Waals surface area contributed by atoms with Crippen molar-refractivity contribution in [1.82, 2.24) is 0 Å². The van der Waals surface area contributed by atoms with E-state index in [0.717, 1.165) is 11.4 Å². The molecule has 0 saturated carbocycles. The number of allylic oxidation sites excluding steroid dienone is 1. The fourth-order valence-electron chi connectivity index (χ4n) is 1.87. The Hall–Kier alpha value is -1.13. The SMILES string of the molecule is COc1ccc(C2C=C(C(C)(C)C)N=C(N)S2)cc1.Cl. The molecule has 0 saturated heterocycles. The van der Waals surface area contributed by atoms with Crippen molar-refractivity contribution in [2.24, 2.45) is 16.1 Å². The smallest absolute Gasteiger partial charge is 0.159 e. The van der Waals surface area contributed by atoms with Crippen LogP contribution in [-0.2, 0) is 0 Å². The minimum atomic E-state index is 0.